The van der Waals surface area contributed by atoms with Gasteiger partial charge in [-0.15, -0.1) is 0 Å². The number of dihydropyridines is 1. The van der Waals surface area contributed by atoms with Crippen LogP contribution >= 0.6 is 11.6 Å². The summed E-state index contributed by atoms with van der Waals surface area (Å²) in [5.41, 5.74) is 5.42. The van der Waals surface area contributed by atoms with Gasteiger partial charge in [-0.05, 0) is 60.4 Å². The molecule has 204 valence electrons. The zero-order chi connectivity index (χ0) is 28.1. The SMILES string of the molecule is Cc1ccc(NC(=O)COc2ccc(C3C4=C(CC(C)(C)CC4=O)NC4=C3C(=O)CC(C)(C)C4)cc2Cl)cc1. The molecule has 6 nitrogen and oxygen atoms in total. The second-order valence-electron chi connectivity index (χ2n) is 12.6. The molecule has 39 heavy (non-hydrogen) atoms. The fraction of sp³-hybridized carbons (Fsp3) is 0.406. The second-order valence-corrected chi connectivity index (χ2v) is 13.0. The van der Waals surface area contributed by atoms with Gasteiger partial charge in [0, 0.05) is 47.0 Å². The van der Waals surface area contributed by atoms with Gasteiger partial charge in [-0.3, -0.25) is 14.4 Å². The summed E-state index contributed by atoms with van der Waals surface area (Å²) >= 11 is 6.65. The van der Waals surface area contributed by atoms with Crippen molar-refractivity contribution in [2.45, 2.75) is 66.2 Å². The molecule has 0 saturated heterocycles. The highest BCUT2D eigenvalue weighted by Gasteiger charge is 2.46. The van der Waals surface area contributed by atoms with E-state index in [1.807, 2.05) is 37.3 Å². The summed E-state index contributed by atoms with van der Waals surface area (Å²) in [6, 6.07) is 12.8. The Morgan fingerprint density at radius 2 is 1.49 bits per heavy atom. The lowest BCUT2D eigenvalue weighted by atomic mass is 9.64. The largest absolute Gasteiger partial charge is 0.482 e. The zero-order valence-electron chi connectivity index (χ0n) is 23.2. The van der Waals surface area contributed by atoms with Crippen LogP contribution in [0.25, 0.3) is 0 Å². The number of ether oxygens (including phenoxy) is 1. The summed E-state index contributed by atoms with van der Waals surface area (Å²) in [7, 11) is 0. The maximum absolute atomic E-state index is 13.5. The molecule has 2 aromatic carbocycles. The highest BCUT2D eigenvalue weighted by Crippen LogP contribution is 2.51. The molecule has 1 aliphatic heterocycles. The van der Waals surface area contributed by atoms with Crippen molar-refractivity contribution in [2.75, 3.05) is 11.9 Å². The van der Waals surface area contributed by atoms with Crippen LogP contribution in [-0.4, -0.2) is 24.1 Å². The Balaban J connectivity index is 1.43. The Bertz CT molecular complexity index is 1380. The number of amides is 1. The van der Waals surface area contributed by atoms with Gasteiger partial charge in [-0.25, -0.2) is 0 Å². The number of Topliss-reactive ketones (excluding diaryl/α,β-unsaturated/α-hetero) is 2. The number of carbonyl (C=O) groups is 3. The van der Waals surface area contributed by atoms with Crippen LogP contribution in [0.2, 0.25) is 5.02 Å². The number of carbonyl (C=O) groups excluding carboxylic acids is 3. The van der Waals surface area contributed by atoms with Crippen LogP contribution in [0.1, 0.15) is 70.4 Å². The molecule has 2 aliphatic carbocycles. The zero-order valence-corrected chi connectivity index (χ0v) is 23.9. The van der Waals surface area contributed by atoms with E-state index < -0.39 is 5.92 Å². The summed E-state index contributed by atoms with van der Waals surface area (Å²) in [5, 5.41) is 6.66. The van der Waals surface area contributed by atoms with Gasteiger partial charge in [0.05, 0.1) is 5.02 Å². The first-order valence-electron chi connectivity index (χ1n) is 13.4. The monoisotopic (exact) mass is 546 g/mol. The third-order valence-electron chi connectivity index (χ3n) is 7.70. The van der Waals surface area contributed by atoms with Crippen molar-refractivity contribution in [1.82, 2.24) is 5.32 Å². The summed E-state index contributed by atoms with van der Waals surface area (Å²) < 4.78 is 5.73. The highest BCUT2D eigenvalue weighted by atomic mass is 35.5. The lowest BCUT2D eigenvalue weighted by molar-refractivity contribution is -0.119. The van der Waals surface area contributed by atoms with Gasteiger partial charge < -0.3 is 15.4 Å². The molecular formula is C32H35ClN2O4. The van der Waals surface area contributed by atoms with Gasteiger partial charge in [-0.1, -0.05) is 63.1 Å². The van der Waals surface area contributed by atoms with Crippen LogP contribution in [0, 0.1) is 17.8 Å². The molecule has 5 rings (SSSR count). The number of hydrogen-bond acceptors (Lipinski definition) is 5. The first-order chi connectivity index (χ1) is 18.3. The molecule has 0 radical (unpaired) electrons. The Hall–Kier alpha value is -3.38. The lowest BCUT2D eigenvalue weighted by Crippen LogP contribution is -2.42. The van der Waals surface area contributed by atoms with Gasteiger partial charge in [-0.2, -0.15) is 0 Å². The number of allylic oxidation sites excluding steroid dienone is 4. The highest BCUT2D eigenvalue weighted by molar-refractivity contribution is 6.32. The Labute approximate surface area is 234 Å². The summed E-state index contributed by atoms with van der Waals surface area (Å²) in [4.78, 5) is 39.4. The molecule has 0 aromatic heterocycles. The topological polar surface area (TPSA) is 84.5 Å². The van der Waals surface area contributed by atoms with E-state index in [2.05, 4.69) is 38.3 Å². The van der Waals surface area contributed by atoms with Crippen LogP contribution in [0.4, 0.5) is 5.69 Å². The van der Waals surface area contributed by atoms with Crippen molar-refractivity contribution < 1.29 is 19.1 Å². The molecule has 1 amide bonds. The third-order valence-corrected chi connectivity index (χ3v) is 8.00. The first kappa shape index (κ1) is 27.2. The normalized spacial score (nSPS) is 20.3. The number of aryl methyl sites for hydroxylation is 1. The molecule has 0 unspecified atom stereocenters. The maximum atomic E-state index is 13.5. The van der Waals surface area contributed by atoms with Gasteiger partial charge in [0.2, 0.25) is 0 Å². The Kier molecular flexibility index (Phi) is 6.96. The molecule has 0 atom stereocenters. The van der Waals surface area contributed by atoms with Crippen molar-refractivity contribution in [3.63, 3.8) is 0 Å². The molecule has 0 saturated carbocycles. The van der Waals surface area contributed by atoms with Gasteiger partial charge in [0.25, 0.3) is 5.91 Å². The minimum atomic E-state index is -0.472. The Morgan fingerprint density at radius 1 is 0.923 bits per heavy atom. The first-order valence-corrected chi connectivity index (χ1v) is 13.8. The van der Waals surface area contributed by atoms with E-state index in [1.165, 1.54) is 0 Å². The van der Waals surface area contributed by atoms with Crippen LogP contribution in [0.5, 0.6) is 5.75 Å². The molecule has 0 spiro atoms. The van der Waals surface area contributed by atoms with E-state index in [-0.39, 0.29) is 34.9 Å². The molecule has 0 bridgehead atoms. The molecule has 3 aliphatic rings. The summed E-state index contributed by atoms with van der Waals surface area (Å²) in [6.07, 6.45) is 2.33. The summed E-state index contributed by atoms with van der Waals surface area (Å²) in [6.45, 7) is 10.2. The van der Waals surface area contributed by atoms with E-state index in [0.717, 1.165) is 35.4 Å². The number of hydrogen-bond donors (Lipinski definition) is 2. The van der Waals surface area contributed by atoms with E-state index in [1.54, 1.807) is 12.1 Å². The number of nitrogens with one attached hydrogen (secondary N) is 2. The fourth-order valence-corrected chi connectivity index (χ4v) is 6.26. The van der Waals surface area contributed by atoms with Crippen molar-refractivity contribution in [2.24, 2.45) is 10.8 Å². The number of rotatable bonds is 5. The number of ketones is 2. The molecular weight excluding hydrogens is 512 g/mol. The van der Waals surface area contributed by atoms with Gasteiger partial charge >= 0.3 is 0 Å². The maximum Gasteiger partial charge on any atom is 0.262 e. The molecule has 2 aromatic rings. The predicted molar refractivity (Wildman–Crippen MR) is 153 cm³/mol. The fourth-order valence-electron chi connectivity index (χ4n) is 6.01. The minimum absolute atomic E-state index is 0.0622. The van der Waals surface area contributed by atoms with Crippen LogP contribution < -0.4 is 15.4 Å². The smallest absolute Gasteiger partial charge is 0.262 e. The van der Waals surface area contributed by atoms with Crippen LogP contribution in [-0.2, 0) is 14.4 Å². The molecule has 1 heterocycles. The number of benzene rings is 2. The number of halogens is 1. The van der Waals surface area contributed by atoms with Crippen LogP contribution in [0.15, 0.2) is 65.0 Å². The Morgan fingerprint density at radius 3 is 2.03 bits per heavy atom. The number of anilines is 1. The van der Waals surface area contributed by atoms with Crippen molar-refractivity contribution in [1.29, 1.82) is 0 Å². The van der Waals surface area contributed by atoms with E-state index in [9.17, 15) is 14.4 Å². The van der Waals surface area contributed by atoms with E-state index >= 15 is 0 Å². The summed E-state index contributed by atoms with van der Waals surface area (Å²) in [5.74, 6) is -0.282. The average molecular weight is 547 g/mol. The van der Waals surface area contributed by atoms with Gasteiger partial charge in [0.15, 0.2) is 18.2 Å². The molecule has 2 N–H and O–H groups in total. The second kappa shape index (κ2) is 9.98. The van der Waals surface area contributed by atoms with Crippen molar-refractivity contribution >= 4 is 34.8 Å². The van der Waals surface area contributed by atoms with E-state index in [0.29, 0.717) is 40.4 Å². The lowest BCUT2D eigenvalue weighted by Gasteiger charge is -2.44. The minimum Gasteiger partial charge on any atom is -0.482 e. The van der Waals surface area contributed by atoms with Gasteiger partial charge in [0.1, 0.15) is 5.75 Å². The quantitative estimate of drug-likeness (QED) is 0.439. The van der Waals surface area contributed by atoms with Crippen LogP contribution in [0.3, 0.4) is 0 Å². The average Bonchev–Trinajstić information content (AvgIpc) is 2.82. The standard InChI is InChI=1S/C32H35ClN2O4/c1-18-6-9-20(10-7-18)34-27(38)17-39-26-11-8-19(12-21(26)33)28-29-22(13-31(2,3)15-24(29)36)35-23-14-32(4,5)16-25(37)30(23)28/h6-12,28,35H,13-17H2,1-5H3,(H,34,38). The third kappa shape index (κ3) is 5.67. The predicted octanol–water partition coefficient (Wildman–Crippen LogP) is 6.64. The molecule has 0 fully saturated rings. The molecule has 7 heteroatoms. The van der Waals surface area contributed by atoms with E-state index in [4.69, 9.17) is 16.3 Å². The van der Waals surface area contributed by atoms with Crippen molar-refractivity contribution in [3.8, 4) is 5.75 Å². The van der Waals surface area contributed by atoms with Crippen molar-refractivity contribution in [3.05, 3.63) is 81.2 Å².